The lowest BCUT2D eigenvalue weighted by Crippen LogP contribution is -2.31. The zero-order valence-corrected chi connectivity index (χ0v) is 15.8. The average Bonchev–Trinajstić information content (AvgIpc) is 2.65. The second kappa shape index (κ2) is 10.5. The van der Waals surface area contributed by atoms with Gasteiger partial charge in [0, 0.05) is 17.2 Å². The highest BCUT2D eigenvalue weighted by Gasteiger charge is 2.08. The molecule has 0 spiro atoms. The number of benzene rings is 2. The predicted octanol–water partition coefficient (Wildman–Crippen LogP) is 3.13. The van der Waals surface area contributed by atoms with Crippen molar-refractivity contribution in [2.75, 3.05) is 25.5 Å². The molecule has 6 heteroatoms. The molecule has 0 saturated heterocycles. The summed E-state index contributed by atoms with van der Waals surface area (Å²) in [4.78, 5) is 24.5. The van der Waals surface area contributed by atoms with E-state index in [-0.39, 0.29) is 19.1 Å². The van der Waals surface area contributed by atoms with Gasteiger partial charge in [-0.2, -0.15) is 0 Å². The van der Waals surface area contributed by atoms with Crippen molar-refractivity contribution >= 4 is 23.6 Å². The van der Waals surface area contributed by atoms with Gasteiger partial charge in [0.05, 0.1) is 0 Å². The van der Waals surface area contributed by atoms with Crippen LogP contribution in [-0.4, -0.2) is 37.4 Å². The minimum atomic E-state index is -0.572. The monoisotopic (exact) mass is 373 g/mol. The van der Waals surface area contributed by atoms with Gasteiger partial charge in [-0.25, -0.2) is 4.79 Å². The zero-order valence-electron chi connectivity index (χ0n) is 15.0. The second-order valence-corrected chi connectivity index (χ2v) is 6.88. The van der Waals surface area contributed by atoms with Gasteiger partial charge >= 0.3 is 5.97 Å². The molecule has 5 nitrogen and oxygen atoms in total. The van der Waals surface area contributed by atoms with Gasteiger partial charge in [0.25, 0.3) is 5.91 Å². The Morgan fingerprint density at radius 1 is 1.00 bits per heavy atom. The standard InChI is InChI=1S/C20H23NO4S/c1-15-8-9-17(12-16(15)2)24-14-20(23)25-13-19(22)21-10-11-26-18-6-4-3-5-7-18/h3-9,12H,10-11,13-14H2,1-2H3,(H,21,22). The van der Waals surface area contributed by atoms with Crippen molar-refractivity contribution in [3.8, 4) is 5.75 Å². The molecule has 1 amide bonds. The molecule has 2 aromatic rings. The minimum Gasteiger partial charge on any atom is -0.482 e. The van der Waals surface area contributed by atoms with E-state index >= 15 is 0 Å². The van der Waals surface area contributed by atoms with Crippen molar-refractivity contribution in [1.82, 2.24) is 5.32 Å². The summed E-state index contributed by atoms with van der Waals surface area (Å²) in [6, 6.07) is 15.5. The van der Waals surface area contributed by atoms with Crippen LogP contribution in [0.25, 0.3) is 0 Å². The fourth-order valence-electron chi connectivity index (χ4n) is 2.06. The fourth-order valence-corrected chi connectivity index (χ4v) is 2.85. The molecule has 2 rings (SSSR count). The summed E-state index contributed by atoms with van der Waals surface area (Å²) >= 11 is 1.65. The van der Waals surface area contributed by atoms with E-state index in [9.17, 15) is 9.59 Å². The highest BCUT2D eigenvalue weighted by molar-refractivity contribution is 7.99. The van der Waals surface area contributed by atoms with E-state index < -0.39 is 5.97 Å². The molecule has 138 valence electrons. The molecule has 0 unspecified atom stereocenters. The molecule has 0 aliphatic rings. The van der Waals surface area contributed by atoms with Gasteiger partial charge in [-0.1, -0.05) is 24.3 Å². The van der Waals surface area contributed by atoms with Crippen LogP contribution in [0.4, 0.5) is 0 Å². The van der Waals surface area contributed by atoms with E-state index in [1.54, 1.807) is 17.8 Å². The summed E-state index contributed by atoms with van der Waals surface area (Å²) in [6.45, 7) is 3.96. The van der Waals surface area contributed by atoms with Crippen molar-refractivity contribution in [3.05, 3.63) is 59.7 Å². The lowest BCUT2D eigenvalue weighted by atomic mass is 10.1. The van der Waals surface area contributed by atoms with E-state index in [4.69, 9.17) is 9.47 Å². The van der Waals surface area contributed by atoms with E-state index in [1.807, 2.05) is 56.3 Å². The minimum absolute atomic E-state index is 0.223. The highest BCUT2D eigenvalue weighted by atomic mass is 32.2. The SMILES string of the molecule is Cc1ccc(OCC(=O)OCC(=O)NCCSc2ccccc2)cc1C. The van der Waals surface area contributed by atoms with Crippen molar-refractivity contribution in [2.45, 2.75) is 18.7 Å². The van der Waals surface area contributed by atoms with Gasteiger partial charge in [0.2, 0.25) is 0 Å². The number of ether oxygens (including phenoxy) is 2. The highest BCUT2D eigenvalue weighted by Crippen LogP contribution is 2.16. The van der Waals surface area contributed by atoms with E-state index in [2.05, 4.69) is 5.32 Å². The van der Waals surface area contributed by atoms with Gasteiger partial charge in [-0.05, 0) is 49.2 Å². The number of hydrogen-bond donors (Lipinski definition) is 1. The van der Waals surface area contributed by atoms with Crippen LogP contribution >= 0.6 is 11.8 Å². The molecular formula is C20H23NO4S. The summed E-state index contributed by atoms with van der Waals surface area (Å²) in [7, 11) is 0. The fraction of sp³-hybridized carbons (Fsp3) is 0.300. The summed E-state index contributed by atoms with van der Waals surface area (Å²) in [5.41, 5.74) is 2.24. The number of nitrogens with one attached hydrogen (secondary N) is 1. The van der Waals surface area contributed by atoms with Crippen LogP contribution in [0.15, 0.2) is 53.4 Å². The first-order valence-corrected chi connectivity index (χ1v) is 9.33. The van der Waals surface area contributed by atoms with Crippen molar-refractivity contribution in [2.24, 2.45) is 0 Å². The summed E-state index contributed by atoms with van der Waals surface area (Å²) < 4.78 is 10.3. The third-order valence-corrected chi connectivity index (χ3v) is 4.65. The molecular weight excluding hydrogens is 350 g/mol. The first kappa shape index (κ1) is 19.8. The van der Waals surface area contributed by atoms with Crippen LogP contribution in [0.3, 0.4) is 0 Å². The number of hydrogen-bond acceptors (Lipinski definition) is 5. The van der Waals surface area contributed by atoms with E-state index in [0.29, 0.717) is 12.3 Å². The van der Waals surface area contributed by atoms with Gasteiger partial charge in [0.1, 0.15) is 5.75 Å². The van der Waals surface area contributed by atoms with Crippen LogP contribution in [-0.2, 0) is 14.3 Å². The summed E-state index contributed by atoms with van der Waals surface area (Å²) in [5.74, 6) is 0.460. The number of aryl methyl sites for hydroxylation is 2. The van der Waals surface area contributed by atoms with Crippen molar-refractivity contribution in [3.63, 3.8) is 0 Å². The van der Waals surface area contributed by atoms with Crippen LogP contribution in [0.2, 0.25) is 0 Å². The Bertz CT molecular complexity index is 734. The number of carbonyl (C=O) groups is 2. The van der Waals surface area contributed by atoms with Gasteiger partial charge in [-0.3, -0.25) is 4.79 Å². The molecule has 0 heterocycles. The molecule has 0 fully saturated rings. The Morgan fingerprint density at radius 3 is 2.50 bits per heavy atom. The maximum Gasteiger partial charge on any atom is 0.344 e. The second-order valence-electron chi connectivity index (χ2n) is 5.71. The number of esters is 1. The number of thioether (sulfide) groups is 1. The average molecular weight is 373 g/mol. The molecule has 0 aliphatic carbocycles. The maximum absolute atomic E-state index is 11.7. The van der Waals surface area contributed by atoms with Crippen molar-refractivity contribution in [1.29, 1.82) is 0 Å². The summed E-state index contributed by atoms with van der Waals surface area (Å²) in [6.07, 6.45) is 0. The van der Waals surface area contributed by atoms with E-state index in [1.165, 1.54) is 0 Å². The van der Waals surface area contributed by atoms with Crippen LogP contribution < -0.4 is 10.1 Å². The topological polar surface area (TPSA) is 64.6 Å². The Hall–Kier alpha value is -2.47. The first-order chi connectivity index (χ1) is 12.5. The third kappa shape index (κ3) is 7.19. The Labute approximate surface area is 158 Å². The molecule has 1 N–H and O–H groups in total. The molecule has 0 aliphatic heterocycles. The van der Waals surface area contributed by atoms with Gasteiger partial charge < -0.3 is 14.8 Å². The number of rotatable bonds is 9. The number of carbonyl (C=O) groups excluding carboxylic acids is 2. The van der Waals surface area contributed by atoms with E-state index in [0.717, 1.165) is 21.8 Å². The quantitative estimate of drug-likeness (QED) is 0.416. The molecule has 26 heavy (non-hydrogen) atoms. The zero-order chi connectivity index (χ0) is 18.8. The van der Waals surface area contributed by atoms with Gasteiger partial charge in [-0.15, -0.1) is 11.8 Å². The van der Waals surface area contributed by atoms with Crippen LogP contribution in [0, 0.1) is 13.8 Å². The normalized spacial score (nSPS) is 10.2. The molecule has 2 aromatic carbocycles. The molecule has 0 atom stereocenters. The smallest absolute Gasteiger partial charge is 0.344 e. The molecule has 0 bridgehead atoms. The third-order valence-electron chi connectivity index (χ3n) is 3.64. The first-order valence-electron chi connectivity index (χ1n) is 8.35. The van der Waals surface area contributed by atoms with Crippen molar-refractivity contribution < 1.29 is 19.1 Å². The Kier molecular flexibility index (Phi) is 8.02. The number of amides is 1. The maximum atomic E-state index is 11.7. The predicted molar refractivity (Wildman–Crippen MR) is 103 cm³/mol. The van der Waals surface area contributed by atoms with Crippen LogP contribution in [0.5, 0.6) is 5.75 Å². The summed E-state index contributed by atoms with van der Waals surface area (Å²) in [5, 5.41) is 2.72. The Morgan fingerprint density at radius 2 is 1.77 bits per heavy atom. The molecule has 0 radical (unpaired) electrons. The molecule has 0 saturated carbocycles. The molecule has 0 aromatic heterocycles. The largest absolute Gasteiger partial charge is 0.482 e. The van der Waals surface area contributed by atoms with Crippen LogP contribution in [0.1, 0.15) is 11.1 Å². The lowest BCUT2D eigenvalue weighted by molar-refractivity contribution is -0.150. The lowest BCUT2D eigenvalue weighted by Gasteiger charge is -2.09. The Balaban J connectivity index is 1.57. The van der Waals surface area contributed by atoms with Gasteiger partial charge in [0.15, 0.2) is 13.2 Å².